The minimum Gasteiger partial charge on any atom is -0.459 e. The Hall–Kier alpha value is -10.8. The van der Waals surface area contributed by atoms with E-state index in [4.69, 9.17) is 71.1 Å². The summed E-state index contributed by atoms with van der Waals surface area (Å²) in [5.41, 5.74) is 0.399. The standard InChI is InChI=1S/C77H68O24/c1-77(2)100-65-60(99-75-64(97-73(86)53-41-25-10-26-42-53)62(95-71(84)51-37-21-8-22-38-51)59(93-69(82)49-33-17-6-18-34-49)56(91-75)45-88-67(80)47-29-13-4-14-30-47)57(98-76(65)101-77)54(78)43-89-74-63(96-72(85)52-39-23-9-24-40-52)61(94-70(83)50-35-19-7-20-36-50)58(92-68(81)48-31-15-5-16-32-48)55(90-74)44-87-66(79)46-27-11-3-12-28-46/h3-42,54-65,74-76,78H,43-45H2,1-2H3/t54-,55-,56-,57-,58-,59-,60+,61+,62+,63-,64-,65-,74-,75+,76-/m1/s1. The van der Waals surface area contributed by atoms with Gasteiger partial charge in [0.25, 0.3) is 0 Å². The largest absolute Gasteiger partial charge is 0.459 e. The molecule has 1 N–H and O–H groups in total. The van der Waals surface area contributed by atoms with Gasteiger partial charge in [0.05, 0.1) is 51.1 Å². The van der Waals surface area contributed by atoms with Gasteiger partial charge in [-0.3, -0.25) is 0 Å². The molecule has 4 aliphatic heterocycles. The summed E-state index contributed by atoms with van der Waals surface area (Å²) in [6.07, 6.45) is -26.1. The van der Waals surface area contributed by atoms with E-state index < -0.39 is 165 Å². The number of carbonyl (C=O) groups is 8. The third-order valence-corrected chi connectivity index (χ3v) is 16.6. The molecule has 0 aromatic heterocycles. The molecular formula is C77H68O24. The first-order chi connectivity index (χ1) is 49.0. The average Bonchev–Trinajstić information content (AvgIpc) is 1.68. The third kappa shape index (κ3) is 17.3. The lowest BCUT2D eigenvalue weighted by atomic mass is 9.97. The van der Waals surface area contributed by atoms with Gasteiger partial charge in [0.2, 0.25) is 0 Å². The van der Waals surface area contributed by atoms with Crippen LogP contribution in [0.1, 0.15) is 96.7 Å². The third-order valence-electron chi connectivity index (χ3n) is 16.6. The molecule has 8 aromatic carbocycles. The van der Waals surface area contributed by atoms with Crippen molar-refractivity contribution in [1.29, 1.82) is 0 Å². The molecule has 0 unspecified atom stereocenters. The highest BCUT2D eigenvalue weighted by Gasteiger charge is 2.62. The number of hydrogen-bond donors (Lipinski definition) is 1. The zero-order valence-electron chi connectivity index (χ0n) is 54.2. The molecule has 4 aliphatic rings. The van der Waals surface area contributed by atoms with Crippen LogP contribution in [-0.4, -0.2) is 171 Å². The average molecular weight is 1380 g/mol. The van der Waals surface area contributed by atoms with Gasteiger partial charge in [0.1, 0.15) is 49.8 Å². The van der Waals surface area contributed by atoms with Crippen LogP contribution in [0.4, 0.5) is 0 Å². The number of fused-ring (bicyclic) bond motifs is 1. The lowest BCUT2D eigenvalue weighted by molar-refractivity contribution is -0.325. The van der Waals surface area contributed by atoms with Crippen molar-refractivity contribution < 1.29 is 115 Å². The van der Waals surface area contributed by atoms with Crippen LogP contribution < -0.4 is 0 Å². The SMILES string of the molecule is CC1(C)O[C@H]2O[C@H]([C@H](O)CO[C@@H]3O[C@H](COC(=O)c4ccccc4)[C@@H](OC(=O)c4ccccc4)[C@H](OC(=O)c4ccccc4)[C@H]3OC(=O)c3ccccc3)[C@H](O[C@@H]3O[C@H](COC(=O)c4ccccc4)[C@@H](OC(=O)c4ccccc4)[C@H](OC(=O)c4ccccc4)[C@H]3OC(=O)c3ccccc3)[C@H]2O1. The number of esters is 8. The minimum atomic E-state index is -1.97. The second-order valence-corrected chi connectivity index (χ2v) is 24.0. The molecule has 4 heterocycles. The van der Waals surface area contributed by atoms with Gasteiger partial charge in [-0.25, -0.2) is 38.4 Å². The molecule has 0 bridgehead atoms. The van der Waals surface area contributed by atoms with Crippen LogP contribution in [0.2, 0.25) is 0 Å². The normalized spacial score (nSPS) is 25.1. The van der Waals surface area contributed by atoms with E-state index in [0.717, 1.165) is 0 Å². The van der Waals surface area contributed by atoms with Gasteiger partial charge in [-0.2, -0.15) is 0 Å². The lowest BCUT2D eigenvalue weighted by Crippen LogP contribution is -2.64. The van der Waals surface area contributed by atoms with E-state index in [0.29, 0.717) is 0 Å². The predicted molar refractivity (Wildman–Crippen MR) is 350 cm³/mol. The van der Waals surface area contributed by atoms with Crippen LogP contribution in [0.5, 0.6) is 0 Å². The fourth-order valence-electron chi connectivity index (χ4n) is 11.7. The van der Waals surface area contributed by atoms with Crippen molar-refractivity contribution in [2.24, 2.45) is 0 Å². The molecule has 4 saturated heterocycles. The van der Waals surface area contributed by atoms with Gasteiger partial charge < -0.3 is 76.2 Å². The maximum atomic E-state index is 14.6. The molecule has 520 valence electrons. The van der Waals surface area contributed by atoms with Crippen LogP contribution in [0.15, 0.2) is 243 Å². The number of rotatable bonds is 24. The van der Waals surface area contributed by atoms with Crippen molar-refractivity contribution in [2.75, 3.05) is 19.8 Å². The van der Waals surface area contributed by atoms with Crippen LogP contribution in [0.3, 0.4) is 0 Å². The molecule has 0 saturated carbocycles. The lowest BCUT2D eigenvalue weighted by Gasteiger charge is -2.45. The first kappa shape index (κ1) is 70.1. The van der Waals surface area contributed by atoms with E-state index in [9.17, 15) is 43.5 Å². The number of carbonyl (C=O) groups excluding carboxylic acids is 8. The second kappa shape index (κ2) is 32.5. The number of aliphatic hydroxyl groups is 1. The van der Waals surface area contributed by atoms with Crippen molar-refractivity contribution in [1.82, 2.24) is 0 Å². The highest BCUT2D eigenvalue weighted by molar-refractivity contribution is 5.93. The highest BCUT2D eigenvalue weighted by atomic mass is 16.9. The van der Waals surface area contributed by atoms with E-state index >= 15 is 0 Å². The molecule has 15 atom stereocenters. The Kier molecular flexibility index (Phi) is 22.5. The molecule has 24 heteroatoms. The maximum absolute atomic E-state index is 14.6. The van der Waals surface area contributed by atoms with Crippen molar-refractivity contribution >= 4 is 47.8 Å². The van der Waals surface area contributed by atoms with Crippen LogP contribution in [-0.2, 0) is 71.1 Å². The minimum absolute atomic E-state index is 0.00662. The fourth-order valence-corrected chi connectivity index (χ4v) is 11.7. The first-order valence-corrected chi connectivity index (χ1v) is 32.3. The smallest absolute Gasteiger partial charge is 0.338 e. The molecule has 8 aromatic rings. The summed E-state index contributed by atoms with van der Waals surface area (Å²) in [4.78, 5) is 114. The Labute approximate surface area is 578 Å². The Morgan fingerprint density at radius 2 is 0.624 bits per heavy atom. The molecule has 0 spiro atoms. The van der Waals surface area contributed by atoms with Gasteiger partial charge in [-0.15, -0.1) is 0 Å². The van der Waals surface area contributed by atoms with Crippen molar-refractivity contribution in [3.63, 3.8) is 0 Å². The van der Waals surface area contributed by atoms with E-state index in [1.807, 2.05) is 0 Å². The maximum Gasteiger partial charge on any atom is 0.338 e. The number of ether oxygens (including phenoxy) is 15. The van der Waals surface area contributed by atoms with E-state index in [-0.39, 0.29) is 44.5 Å². The highest BCUT2D eigenvalue weighted by Crippen LogP contribution is 2.43. The van der Waals surface area contributed by atoms with Gasteiger partial charge in [-0.1, -0.05) is 146 Å². The Bertz CT molecular complexity index is 4120. The van der Waals surface area contributed by atoms with Crippen molar-refractivity contribution in [2.45, 2.75) is 112 Å². The zero-order chi connectivity index (χ0) is 70.4. The molecule has 0 amide bonds. The van der Waals surface area contributed by atoms with Crippen molar-refractivity contribution in [3.05, 3.63) is 287 Å². The van der Waals surface area contributed by atoms with Crippen molar-refractivity contribution in [3.8, 4) is 0 Å². The number of hydrogen-bond acceptors (Lipinski definition) is 24. The molecule has 24 nitrogen and oxygen atoms in total. The Balaban J connectivity index is 0.916. The summed E-state index contributed by atoms with van der Waals surface area (Å²) in [6, 6.07) is 62.3. The van der Waals surface area contributed by atoms with Crippen LogP contribution in [0, 0.1) is 0 Å². The Morgan fingerprint density at radius 3 is 0.950 bits per heavy atom. The van der Waals surface area contributed by atoms with Gasteiger partial charge in [-0.05, 0) is 111 Å². The van der Waals surface area contributed by atoms with E-state index in [1.54, 1.807) is 159 Å². The van der Waals surface area contributed by atoms with E-state index in [1.165, 1.54) is 97.1 Å². The summed E-state index contributed by atoms with van der Waals surface area (Å²) in [5.74, 6) is -8.96. The zero-order valence-corrected chi connectivity index (χ0v) is 54.2. The van der Waals surface area contributed by atoms with Crippen LogP contribution in [0.25, 0.3) is 0 Å². The van der Waals surface area contributed by atoms with Crippen LogP contribution >= 0.6 is 0 Å². The molecule has 4 fully saturated rings. The topological polar surface area (TPSA) is 295 Å². The number of benzene rings is 8. The molecule has 101 heavy (non-hydrogen) atoms. The fraction of sp³-hybridized carbons (Fsp3) is 0.273. The van der Waals surface area contributed by atoms with Gasteiger partial charge >= 0.3 is 47.8 Å². The molecular weight excluding hydrogens is 1310 g/mol. The molecule has 12 rings (SSSR count). The van der Waals surface area contributed by atoms with Gasteiger partial charge in [0.15, 0.2) is 61.3 Å². The summed E-state index contributed by atoms with van der Waals surface area (Å²) in [7, 11) is 0. The van der Waals surface area contributed by atoms with E-state index in [2.05, 4.69) is 0 Å². The summed E-state index contributed by atoms with van der Waals surface area (Å²) < 4.78 is 95.3. The second-order valence-electron chi connectivity index (χ2n) is 24.0. The first-order valence-electron chi connectivity index (χ1n) is 32.3. The van der Waals surface area contributed by atoms with Gasteiger partial charge in [0, 0.05) is 0 Å². The molecule has 0 radical (unpaired) electrons. The monoisotopic (exact) mass is 1380 g/mol. The summed E-state index contributed by atoms with van der Waals surface area (Å²) in [5, 5.41) is 12.8. The Morgan fingerprint density at radius 1 is 0.347 bits per heavy atom. The predicted octanol–water partition coefficient (Wildman–Crippen LogP) is 9.14. The molecule has 0 aliphatic carbocycles. The number of aliphatic hydroxyl groups excluding tert-OH is 1. The quantitative estimate of drug-likeness (QED) is 0.0435. The summed E-state index contributed by atoms with van der Waals surface area (Å²) in [6.45, 7) is 0.859. The summed E-state index contributed by atoms with van der Waals surface area (Å²) >= 11 is 0.